The number of nitrogens with zero attached hydrogens (tertiary/aromatic N) is 2. The third-order valence-electron chi connectivity index (χ3n) is 3.43. The minimum Gasteiger partial charge on any atom is -0.508 e. The van der Waals surface area contributed by atoms with E-state index in [1.165, 1.54) is 37.7 Å². The van der Waals surface area contributed by atoms with Crippen molar-refractivity contribution in [3.05, 3.63) is 66.2 Å². The molecule has 2 aromatic carbocycles. The van der Waals surface area contributed by atoms with Gasteiger partial charge in [-0.25, -0.2) is 14.4 Å². The summed E-state index contributed by atoms with van der Waals surface area (Å²) >= 11 is 0. The summed E-state index contributed by atoms with van der Waals surface area (Å²) in [4.78, 5) is 20.4. The number of hydrogen-bond acceptors (Lipinski definition) is 5. The number of anilines is 1. The predicted molar refractivity (Wildman–Crippen MR) is 90.0 cm³/mol. The van der Waals surface area contributed by atoms with Crippen LogP contribution in [0.5, 0.6) is 11.5 Å². The van der Waals surface area contributed by atoms with Gasteiger partial charge in [0.15, 0.2) is 5.82 Å². The van der Waals surface area contributed by atoms with Gasteiger partial charge in [0.2, 0.25) is 0 Å². The Morgan fingerprint density at radius 2 is 1.92 bits per heavy atom. The Kier molecular flexibility index (Phi) is 4.56. The third kappa shape index (κ3) is 3.72. The average Bonchev–Trinajstić information content (AvgIpc) is 2.62. The molecular formula is C18H14FN3O3. The van der Waals surface area contributed by atoms with Gasteiger partial charge in [0, 0.05) is 11.6 Å². The average molecular weight is 339 g/mol. The molecule has 0 radical (unpaired) electrons. The van der Waals surface area contributed by atoms with Crippen LogP contribution < -0.4 is 10.1 Å². The molecule has 0 saturated heterocycles. The second-order valence-corrected chi connectivity index (χ2v) is 5.15. The lowest BCUT2D eigenvalue weighted by Crippen LogP contribution is -2.14. The molecular weight excluding hydrogens is 325 g/mol. The van der Waals surface area contributed by atoms with Crippen molar-refractivity contribution >= 4 is 11.6 Å². The molecule has 0 aliphatic heterocycles. The van der Waals surface area contributed by atoms with E-state index in [0.29, 0.717) is 22.8 Å². The zero-order valence-corrected chi connectivity index (χ0v) is 13.2. The van der Waals surface area contributed by atoms with Crippen LogP contribution in [0.4, 0.5) is 10.1 Å². The van der Waals surface area contributed by atoms with Crippen LogP contribution in [0.3, 0.4) is 0 Å². The zero-order chi connectivity index (χ0) is 17.8. The Balaban J connectivity index is 1.76. The second kappa shape index (κ2) is 6.96. The molecule has 0 fully saturated rings. The molecule has 6 nitrogen and oxygen atoms in total. The van der Waals surface area contributed by atoms with Gasteiger partial charge in [-0.3, -0.25) is 4.79 Å². The van der Waals surface area contributed by atoms with E-state index in [1.54, 1.807) is 18.2 Å². The quantitative estimate of drug-likeness (QED) is 0.762. The monoisotopic (exact) mass is 339 g/mol. The number of halogens is 1. The van der Waals surface area contributed by atoms with Crippen LogP contribution in [-0.4, -0.2) is 28.1 Å². The number of rotatable bonds is 4. The summed E-state index contributed by atoms with van der Waals surface area (Å²) in [7, 11) is 1.42. The number of hydrogen-bond donors (Lipinski definition) is 2. The highest BCUT2D eigenvalue weighted by molar-refractivity contribution is 6.04. The largest absolute Gasteiger partial charge is 0.508 e. The molecule has 0 bridgehead atoms. The second-order valence-electron chi connectivity index (χ2n) is 5.15. The fourth-order valence-corrected chi connectivity index (χ4v) is 2.19. The number of aromatic nitrogens is 2. The molecule has 7 heteroatoms. The summed E-state index contributed by atoms with van der Waals surface area (Å²) in [5, 5.41) is 12.0. The first-order valence-corrected chi connectivity index (χ1v) is 7.33. The van der Waals surface area contributed by atoms with Crippen molar-refractivity contribution in [3.63, 3.8) is 0 Å². The summed E-state index contributed by atoms with van der Waals surface area (Å²) in [6, 6.07) is 10.5. The normalized spacial score (nSPS) is 10.3. The van der Waals surface area contributed by atoms with E-state index in [9.17, 15) is 14.3 Å². The van der Waals surface area contributed by atoms with E-state index in [-0.39, 0.29) is 11.3 Å². The van der Waals surface area contributed by atoms with Crippen LogP contribution in [0.25, 0.3) is 11.4 Å². The van der Waals surface area contributed by atoms with Gasteiger partial charge in [0.05, 0.1) is 30.8 Å². The van der Waals surface area contributed by atoms with Gasteiger partial charge >= 0.3 is 0 Å². The molecule has 1 amide bonds. The van der Waals surface area contributed by atoms with Crippen molar-refractivity contribution < 1.29 is 19.0 Å². The van der Waals surface area contributed by atoms with Crippen molar-refractivity contribution in [1.29, 1.82) is 0 Å². The van der Waals surface area contributed by atoms with Crippen LogP contribution >= 0.6 is 0 Å². The van der Waals surface area contributed by atoms with Crippen LogP contribution in [0.1, 0.15) is 10.4 Å². The summed E-state index contributed by atoms with van der Waals surface area (Å²) in [5.41, 5.74) is 0.848. The van der Waals surface area contributed by atoms with E-state index in [2.05, 4.69) is 15.3 Å². The maximum Gasteiger partial charge on any atom is 0.258 e. The molecule has 0 aliphatic carbocycles. The summed E-state index contributed by atoms with van der Waals surface area (Å²) in [6.45, 7) is 0. The highest BCUT2D eigenvalue weighted by Crippen LogP contribution is 2.21. The smallest absolute Gasteiger partial charge is 0.258 e. The molecule has 3 aromatic rings. The maximum atomic E-state index is 13.9. The molecule has 3 rings (SSSR count). The van der Waals surface area contributed by atoms with E-state index < -0.39 is 11.7 Å². The lowest BCUT2D eigenvalue weighted by atomic mass is 10.2. The van der Waals surface area contributed by atoms with Gasteiger partial charge < -0.3 is 15.2 Å². The van der Waals surface area contributed by atoms with E-state index in [1.807, 2.05) is 0 Å². The molecule has 126 valence electrons. The zero-order valence-electron chi connectivity index (χ0n) is 13.2. The molecule has 0 aliphatic rings. The molecule has 0 spiro atoms. The van der Waals surface area contributed by atoms with Crippen LogP contribution in [-0.2, 0) is 0 Å². The SMILES string of the molecule is COc1ccc(C(=O)Nc2cnc(-c3cccc(O)c3)nc2)c(F)c1. The first kappa shape index (κ1) is 16.4. The Labute approximate surface area is 142 Å². The number of carbonyl (C=O) groups is 1. The van der Waals surface area contributed by atoms with E-state index >= 15 is 0 Å². The number of benzene rings is 2. The Hall–Kier alpha value is -3.48. The number of amides is 1. The summed E-state index contributed by atoms with van der Waals surface area (Å²) in [5.74, 6) is -0.478. The maximum absolute atomic E-state index is 13.9. The highest BCUT2D eigenvalue weighted by Gasteiger charge is 2.13. The van der Waals surface area contributed by atoms with Crippen molar-refractivity contribution in [2.24, 2.45) is 0 Å². The molecule has 1 aromatic heterocycles. The molecule has 25 heavy (non-hydrogen) atoms. The Bertz CT molecular complexity index is 914. The van der Waals surface area contributed by atoms with Crippen molar-refractivity contribution in [1.82, 2.24) is 9.97 Å². The van der Waals surface area contributed by atoms with Crippen molar-refractivity contribution in [2.45, 2.75) is 0 Å². The fraction of sp³-hybridized carbons (Fsp3) is 0.0556. The lowest BCUT2D eigenvalue weighted by molar-refractivity contribution is 0.102. The van der Waals surface area contributed by atoms with Gasteiger partial charge in [-0.1, -0.05) is 12.1 Å². The van der Waals surface area contributed by atoms with Gasteiger partial charge in [0.1, 0.15) is 17.3 Å². The number of ether oxygens (including phenoxy) is 1. The summed E-state index contributed by atoms with van der Waals surface area (Å²) in [6.07, 6.45) is 2.82. The number of methoxy groups -OCH3 is 1. The van der Waals surface area contributed by atoms with Gasteiger partial charge in [-0.2, -0.15) is 0 Å². The van der Waals surface area contributed by atoms with Crippen LogP contribution in [0, 0.1) is 5.82 Å². The topological polar surface area (TPSA) is 84.3 Å². The van der Waals surface area contributed by atoms with Crippen LogP contribution in [0.2, 0.25) is 0 Å². The van der Waals surface area contributed by atoms with E-state index in [4.69, 9.17) is 4.74 Å². The van der Waals surface area contributed by atoms with Gasteiger partial charge in [-0.05, 0) is 24.3 Å². The van der Waals surface area contributed by atoms with Crippen molar-refractivity contribution in [2.75, 3.05) is 12.4 Å². The predicted octanol–water partition coefficient (Wildman–Crippen LogP) is 3.25. The summed E-state index contributed by atoms with van der Waals surface area (Å²) < 4.78 is 18.8. The number of nitrogens with one attached hydrogen (secondary N) is 1. The Morgan fingerprint density at radius 1 is 1.16 bits per heavy atom. The third-order valence-corrected chi connectivity index (χ3v) is 3.43. The lowest BCUT2D eigenvalue weighted by Gasteiger charge is -2.07. The van der Waals surface area contributed by atoms with E-state index in [0.717, 1.165) is 6.07 Å². The minimum atomic E-state index is -0.686. The molecule has 1 heterocycles. The molecule has 2 N–H and O–H groups in total. The first-order chi connectivity index (χ1) is 12.1. The van der Waals surface area contributed by atoms with Crippen molar-refractivity contribution in [3.8, 4) is 22.9 Å². The first-order valence-electron chi connectivity index (χ1n) is 7.33. The molecule has 0 saturated carbocycles. The number of phenolic OH excluding ortho intramolecular Hbond substituents is 1. The number of carbonyl (C=O) groups excluding carboxylic acids is 1. The fourth-order valence-electron chi connectivity index (χ4n) is 2.19. The number of phenols is 1. The van der Waals surface area contributed by atoms with Gasteiger partial charge in [-0.15, -0.1) is 0 Å². The van der Waals surface area contributed by atoms with Crippen LogP contribution in [0.15, 0.2) is 54.9 Å². The van der Waals surface area contributed by atoms with Gasteiger partial charge in [0.25, 0.3) is 5.91 Å². The Morgan fingerprint density at radius 3 is 2.56 bits per heavy atom. The highest BCUT2D eigenvalue weighted by atomic mass is 19.1. The molecule has 0 atom stereocenters. The minimum absolute atomic E-state index is 0.105. The molecule has 0 unspecified atom stereocenters. The standard InChI is InChI=1S/C18H14FN3O3/c1-25-14-5-6-15(16(19)8-14)18(24)22-12-9-20-17(21-10-12)11-3-2-4-13(23)7-11/h2-10,23H,1H3,(H,22,24). The number of aromatic hydroxyl groups is 1.